The van der Waals surface area contributed by atoms with Gasteiger partial charge in [-0.25, -0.2) is 4.98 Å². The number of anilines is 1. The fraction of sp³-hybridized carbons (Fsp3) is 0.154. The van der Waals surface area contributed by atoms with Gasteiger partial charge in [-0.05, 0) is 34.1 Å². The summed E-state index contributed by atoms with van der Waals surface area (Å²) in [4.78, 5) is 4.26. The van der Waals surface area contributed by atoms with E-state index in [1.54, 1.807) is 6.20 Å². The summed E-state index contributed by atoms with van der Waals surface area (Å²) in [5.41, 5.74) is 1.06. The molecule has 0 atom stereocenters. The fourth-order valence-electron chi connectivity index (χ4n) is 1.82. The van der Waals surface area contributed by atoms with E-state index in [4.69, 9.17) is 9.47 Å². The van der Waals surface area contributed by atoms with Crippen molar-refractivity contribution in [1.82, 2.24) is 4.98 Å². The van der Waals surface area contributed by atoms with E-state index in [2.05, 4.69) is 26.2 Å². The zero-order valence-corrected chi connectivity index (χ0v) is 11.1. The lowest BCUT2D eigenvalue weighted by Crippen LogP contribution is -2.03. The minimum atomic E-state index is 0.291. The Morgan fingerprint density at radius 3 is 3.06 bits per heavy atom. The Kier molecular flexibility index (Phi) is 3.06. The standard InChI is InChI=1S/C13H11BrN2O2/c14-10-4-2-6-15-13(10)16-7-9-3-1-5-11-12(9)18-8-17-11/h1-6H,7-8H2,(H,15,16). The molecule has 0 spiro atoms. The summed E-state index contributed by atoms with van der Waals surface area (Å²) in [5.74, 6) is 2.43. The fourth-order valence-corrected chi connectivity index (χ4v) is 2.22. The van der Waals surface area contributed by atoms with Gasteiger partial charge in [-0.1, -0.05) is 12.1 Å². The molecule has 3 rings (SSSR count). The molecule has 1 N–H and O–H groups in total. The minimum Gasteiger partial charge on any atom is -0.454 e. The topological polar surface area (TPSA) is 43.4 Å². The number of halogens is 1. The maximum Gasteiger partial charge on any atom is 0.231 e. The van der Waals surface area contributed by atoms with Gasteiger partial charge in [-0.2, -0.15) is 0 Å². The van der Waals surface area contributed by atoms with Crippen molar-refractivity contribution in [2.75, 3.05) is 12.1 Å². The first-order valence-electron chi connectivity index (χ1n) is 5.56. The van der Waals surface area contributed by atoms with Gasteiger partial charge in [-0.15, -0.1) is 0 Å². The largest absolute Gasteiger partial charge is 0.454 e. The van der Waals surface area contributed by atoms with Crippen LogP contribution in [0, 0.1) is 0 Å². The number of ether oxygens (including phenoxy) is 2. The molecule has 0 amide bonds. The second-order valence-electron chi connectivity index (χ2n) is 3.84. The van der Waals surface area contributed by atoms with E-state index in [1.165, 1.54) is 0 Å². The molecule has 1 aromatic heterocycles. The van der Waals surface area contributed by atoms with Crippen LogP contribution in [0.2, 0.25) is 0 Å². The molecule has 0 saturated heterocycles. The Bertz CT molecular complexity index is 575. The third kappa shape index (κ3) is 2.13. The van der Waals surface area contributed by atoms with Gasteiger partial charge in [0.15, 0.2) is 11.5 Å². The van der Waals surface area contributed by atoms with E-state index in [0.717, 1.165) is 27.4 Å². The van der Waals surface area contributed by atoms with Crippen LogP contribution >= 0.6 is 15.9 Å². The second-order valence-corrected chi connectivity index (χ2v) is 4.69. The van der Waals surface area contributed by atoms with Crippen molar-refractivity contribution in [3.05, 3.63) is 46.6 Å². The van der Waals surface area contributed by atoms with Crippen LogP contribution in [-0.2, 0) is 6.54 Å². The van der Waals surface area contributed by atoms with E-state index in [-0.39, 0.29) is 0 Å². The number of pyridine rings is 1. The summed E-state index contributed by atoms with van der Waals surface area (Å²) in [7, 11) is 0. The molecule has 0 unspecified atom stereocenters. The molecule has 1 aliphatic rings. The van der Waals surface area contributed by atoms with E-state index in [9.17, 15) is 0 Å². The van der Waals surface area contributed by atoms with Crippen molar-refractivity contribution in [3.63, 3.8) is 0 Å². The molecule has 1 aliphatic heterocycles. The van der Waals surface area contributed by atoms with Gasteiger partial charge in [0.2, 0.25) is 6.79 Å². The molecule has 2 aromatic rings. The van der Waals surface area contributed by atoms with Crippen LogP contribution in [0.4, 0.5) is 5.82 Å². The van der Waals surface area contributed by atoms with Crippen molar-refractivity contribution in [3.8, 4) is 11.5 Å². The number of fused-ring (bicyclic) bond motifs is 1. The number of aromatic nitrogens is 1. The lowest BCUT2D eigenvalue weighted by Gasteiger charge is -2.09. The lowest BCUT2D eigenvalue weighted by atomic mass is 10.2. The first kappa shape index (κ1) is 11.3. The SMILES string of the molecule is Brc1cccnc1NCc1cccc2c1OCO2. The number of rotatable bonds is 3. The van der Waals surface area contributed by atoms with Crippen LogP contribution < -0.4 is 14.8 Å². The van der Waals surface area contributed by atoms with Crippen molar-refractivity contribution >= 4 is 21.7 Å². The summed E-state index contributed by atoms with van der Waals surface area (Å²) in [6, 6.07) is 9.70. The van der Waals surface area contributed by atoms with Gasteiger partial charge < -0.3 is 14.8 Å². The van der Waals surface area contributed by atoms with Crippen molar-refractivity contribution in [2.24, 2.45) is 0 Å². The molecule has 18 heavy (non-hydrogen) atoms. The van der Waals surface area contributed by atoms with E-state index < -0.39 is 0 Å². The third-order valence-corrected chi connectivity index (χ3v) is 3.32. The Hall–Kier alpha value is -1.75. The van der Waals surface area contributed by atoms with Gasteiger partial charge in [0.05, 0.1) is 4.47 Å². The molecular weight excluding hydrogens is 296 g/mol. The van der Waals surface area contributed by atoms with Crippen LogP contribution in [0.15, 0.2) is 41.0 Å². The molecule has 5 heteroatoms. The number of hydrogen-bond donors (Lipinski definition) is 1. The molecule has 1 aromatic carbocycles. The second kappa shape index (κ2) is 4.86. The molecular formula is C13H11BrN2O2. The van der Waals surface area contributed by atoms with E-state index in [1.807, 2.05) is 30.3 Å². The highest BCUT2D eigenvalue weighted by Crippen LogP contribution is 2.35. The third-order valence-electron chi connectivity index (χ3n) is 2.68. The first-order valence-corrected chi connectivity index (χ1v) is 6.36. The average molecular weight is 307 g/mol. The average Bonchev–Trinajstić information content (AvgIpc) is 2.86. The normalized spacial score (nSPS) is 12.5. The Morgan fingerprint density at radius 1 is 1.22 bits per heavy atom. The predicted molar refractivity (Wildman–Crippen MR) is 71.8 cm³/mol. The van der Waals surface area contributed by atoms with E-state index in [0.29, 0.717) is 13.3 Å². The number of benzene rings is 1. The highest BCUT2D eigenvalue weighted by Gasteiger charge is 2.16. The van der Waals surface area contributed by atoms with Gasteiger partial charge in [0.25, 0.3) is 0 Å². The van der Waals surface area contributed by atoms with Crippen molar-refractivity contribution in [1.29, 1.82) is 0 Å². The molecule has 0 radical (unpaired) electrons. The number of nitrogens with one attached hydrogen (secondary N) is 1. The van der Waals surface area contributed by atoms with Crippen LogP contribution in [0.25, 0.3) is 0 Å². The summed E-state index contributed by atoms with van der Waals surface area (Å²) in [6.07, 6.45) is 1.75. The number of para-hydroxylation sites is 1. The zero-order chi connectivity index (χ0) is 12.4. The predicted octanol–water partition coefficient (Wildman–Crippen LogP) is 3.18. The molecule has 4 nitrogen and oxygen atoms in total. The van der Waals surface area contributed by atoms with Crippen molar-refractivity contribution < 1.29 is 9.47 Å². The summed E-state index contributed by atoms with van der Waals surface area (Å²) < 4.78 is 11.7. The zero-order valence-electron chi connectivity index (χ0n) is 9.52. The minimum absolute atomic E-state index is 0.291. The highest BCUT2D eigenvalue weighted by molar-refractivity contribution is 9.10. The highest BCUT2D eigenvalue weighted by atomic mass is 79.9. The molecule has 0 saturated carbocycles. The Balaban J connectivity index is 1.78. The summed E-state index contributed by atoms with van der Waals surface area (Å²) >= 11 is 3.45. The smallest absolute Gasteiger partial charge is 0.231 e. The number of hydrogen-bond acceptors (Lipinski definition) is 4. The van der Waals surface area contributed by atoms with E-state index >= 15 is 0 Å². The van der Waals surface area contributed by atoms with Gasteiger partial charge >= 0.3 is 0 Å². The van der Waals surface area contributed by atoms with Gasteiger partial charge in [-0.3, -0.25) is 0 Å². The summed E-state index contributed by atoms with van der Waals surface area (Å²) in [5, 5.41) is 3.27. The maximum absolute atomic E-state index is 5.45. The van der Waals surface area contributed by atoms with Gasteiger partial charge in [0.1, 0.15) is 5.82 Å². The Labute approximate surface area is 113 Å². The molecule has 0 aliphatic carbocycles. The van der Waals surface area contributed by atoms with Crippen LogP contribution in [0.5, 0.6) is 11.5 Å². The first-order chi connectivity index (χ1) is 8.84. The monoisotopic (exact) mass is 306 g/mol. The molecule has 0 bridgehead atoms. The Morgan fingerprint density at radius 2 is 2.17 bits per heavy atom. The maximum atomic E-state index is 5.45. The van der Waals surface area contributed by atoms with Crippen LogP contribution in [0.1, 0.15) is 5.56 Å². The van der Waals surface area contributed by atoms with Crippen LogP contribution in [-0.4, -0.2) is 11.8 Å². The van der Waals surface area contributed by atoms with Crippen LogP contribution in [0.3, 0.4) is 0 Å². The lowest BCUT2D eigenvalue weighted by molar-refractivity contribution is 0.173. The molecule has 92 valence electrons. The van der Waals surface area contributed by atoms with Crippen molar-refractivity contribution in [2.45, 2.75) is 6.54 Å². The quantitative estimate of drug-likeness (QED) is 0.946. The summed E-state index contributed by atoms with van der Waals surface area (Å²) in [6.45, 7) is 0.932. The molecule has 2 heterocycles. The van der Waals surface area contributed by atoms with Gasteiger partial charge in [0, 0.05) is 18.3 Å². The molecule has 0 fully saturated rings. The number of nitrogens with zero attached hydrogens (tertiary/aromatic N) is 1.